The minimum Gasteiger partial charge on any atom is -0.481 e. The highest BCUT2D eigenvalue weighted by molar-refractivity contribution is 5.82. The molecule has 5 heteroatoms. The van der Waals surface area contributed by atoms with E-state index in [0.717, 1.165) is 0 Å². The van der Waals surface area contributed by atoms with E-state index in [4.69, 9.17) is 0 Å². The van der Waals surface area contributed by atoms with E-state index in [1.807, 2.05) is 39.5 Å². The lowest BCUT2D eigenvalue weighted by Crippen LogP contribution is -2.48. The number of carbonyl (C=O) groups is 2. The fourth-order valence-corrected chi connectivity index (χ4v) is 3.04. The molecule has 0 aromatic heterocycles. The molecule has 1 rings (SSSR count). The van der Waals surface area contributed by atoms with Crippen LogP contribution < -0.4 is 0 Å². The third-order valence-electron chi connectivity index (χ3n) is 4.84. The van der Waals surface area contributed by atoms with Crippen molar-refractivity contribution in [2.45, 2.75) is 47.1 Å². The van der Waals surface area contributed by atoms with Gasteiger partial charge in [-0.1, -0.05) is 13.8 Å². The van der Waals surface area contributed by atoms with Gasteiger partial charge in [0.05, 0.1) is 11.5 Å². The van der Waals surface area contributed by atoms with Gasteiger partial charge in [-0.15, -0.1) is 0 Å². The van der Waals surface area contributed by atoms with E-state index in [-0.39, 0.29) is 17.9 Å². The second kappa shape index (κ2) is 6.57. The van der Waals surface area contributed by atoms with Crippen molar-refractivity contribution >= 4 is 11.9 Å². The molecule has 0 aromatic rings. The third kappa shape index (κ3) is 2.97. The SMILES string of the molecule is CCN(CC)C(=O)C(C)N1CCC(C(=O)O)(C(C)C)C1. The maximum Gasteiger partial charge on any atom is 0.311 e. The second-order valence-corrected chi connectivity index (χ2v) is 6.02. The Morgan fingerprint density at radius 2 is 1.80 bits per heavy atom. The molecule has 0 aromatic carbocycles. The van der Waals surface area contributed by atoms with Crippen LogP contribution >= 0.6 is 0 Å². The smallest absolute Gasteiger partial charge is 0.311 e. The van der Waals surface area contributed by atoms with Crippen LogP contribution in [0.3, 0.4) is 0 Å². The van der Waals surface area contributed by atoms with Gasteiger partial charge in [0.2, 0.25) is 5.91 Å². The zero-order valence-corrected chi connectivity index (χ0v) is 13.3. The minimum absolute atomic E-state index is 0.0701. The monoisotopic (exact) mass is 284 g/mol. The van der Waals surface area contributed by atoms with Crippen molar-refractivity contribution in [1.82, 2.24) is 9.80 Å². The molecular weight excluding hydrogens is 256 g/mol. The Hall–Kier alpha value is -1.10. The summed E-state index contributed by atoms with van der Waals surface area (Å²) in [6.45, 7) is 12.3. The van der Waals surface area contributed by atoms with Crippen LogP contribution in [0.15, 0.2) is 0 Å². The fraction of sp³-hybridized carbons (Fsp3) is 0.867. The number of hydrogen-bond donors (Lipinski definition) is 1. The zero-order valence-electron chi connectivity index (χ0n) is 13.3. The number of nitrogens with zero attached hydrogens (tertiary/aromatic N) is 2. The van der Waals surface area contributed by atoms with E-state index in [0.29, 0.717) is 32.6 Å². The lowest BCUT2D eigenvalue weighted by atomic mass is 9.76. The number of likely N-dealkylation sites (tertiary alicyclic amines) is 1. The van der Waals surface area contributed by atoms with Gasteiger partial charge in [0.15, 0.2) is 0 Å². The molecule has 0 spiro atoms. The molecule has 0 aliphatic carbocycles. The van der Waals surface area contributed by atoms with E-state index < -0.39 is 11.4 Å². The van der Waals surface area contributed by atoms with Crippen LogP contribution in [-0.2, 0) is 9.59 Å². The molecule has 1 amide bonds. The number of carboxylic acid groups (broad SMARTS) is 1. The summed E-state index contributed by atoms with van der Waals surface area (Å²) in [7, 11) is 0. The van der Waals surface area contributed by atoms with Crippen molar-refractivity contribution in [2.75, 3.05) is 26.2 Å². The second-order valence-electron chi connectivity index (χ2n) is 6.02. The molecule has 1 saturated heterocycles. The molecule has 1 aliphatic heterocycles. The van der Waals surface area contributed by atoms with Gasteiger partial charge in [0.25, 0.3) is 0 Å². The van der Waals surface area contributed by atoms with Crippen molar-refractivity contribution in [3.05, 3.63) is 0 Å². The van der Waals surface area contributed by atoms with Gasteiger partial charge >= 0.3 is 5.97 Å². The molecule has 20 heavy (non-hydrogen) atoms. The van der Waals surface area contributed by atoms with E-state index in [1.165, 1.54) is 0 Å². The fourth-order valence-electron chi connectivity index (χ4n) is 3.04. The number of carbonyl (C=O) groups excluding carboxylic acids is 1. The zero-order chi connectivity index (χ0) is 15.5. The number of carboxylic acids is 1. The summed E-state index contributed by atoms with van der Waals surface area (Å²) < 4.78 is 0. The summed E-state index contributed by atoms with van der Waals surface area (Å²) in [6, 6.07) is -0.241. The van der Waals surface area contributed by atoms with Crippen LogP contribution in [0.1, 0.15) is 41.0 Å². The molecule has 1 N–H and O–H groups in total. The number of likely N-dealkylation sites (N-methyl/N-ethyl adjacent to an activating group) is 1. The highest BCUT2D eigenvalue weighted by Gasteiger charge is 2.49. The van der Waals surface area contributed by atoms with Crippen LogP contribution in [-0.4, -0.2) is 59.0 Å². The first-order valence-electron chi connectivity index (χ1n) is 7.56. The summed E-state index contributed by atoms with van der Waals surface area (Å²) in [6.07, 6.45) is 0.621. The molecule has 1 aliphatic rings. The molecule has 116 valence electrons. The lowest BCUT2D eigenvalue weighted by Gasteiger charge is -2.32. The molecule has 2 unspecified atom stereocenters. The average molecular weight is 284 g/mol. The quantitative estimate of drug-likeness (QED) is 0.806. The Balaban J connectivity index is 2.81. The highest BCUT2D eigenvalue weighted by atomic mass is 16.4. The van der Waals surface area contributed by atoms with Crippen molar-refractivity contribution in [3.8, 4) is 0 Å². The molecular formula is C15H28N2O3. The Kier molecular flexibility index (Phi) is 5.57. The number of rotatable bonds is 6. The van der Waals surface area contributed by atoms with Gasteiger partial charge in [-0.2, -0.15) is 0 Å². The molecule has 2 atom stereocenters. The van der Waals surface area contributed by atoms with Crippen molar-refractivity contribution in [2.24, 2.45) is 11.3 Å². The normalized spacial score (nSPS) is 24.9. The van der Waals surface area contributed by atoms with Gasteiger partial charge in [-0.3, -0.25) is 14.5 Å². The summed E-state index contributed by atoms with van der Waals surface area (Å²) in [5.41, 5.74) is -0.711. The largest absolute Gasteiger partial charge is 0.481 e. The molecule has 0 radical (unpaired) electrons. The highest BCUT2D eigenvalue weighted by Crippen LogP contribution is 2.39. The number of hydrogen-bond acceptors (Lipinski definition) is 3. The topological polar surface area (TPSA) is 60.9 Å². The van der Waals surface area contributed by atoms with E-state index in [2.05, 4.69) is 0 Å². The van der Waals surface area contributed by atoms with E-state index >= 15 is 0 Å². The number of aliphatic carboxylic acids is 1. The standard InChI is InChI=1S/C15H28N2O3/c1-6-16(7-2)13(18)12(5)17-9-8-15(10-17,11(3)4)14(19)20/h11-12H,6-10H2,1-5H3,(H,19,20). The Bertz CT molecular complexity index is 366. The van der Waals surface area contributed by atoms with E-state index in [9.17, 15) is 14.7 Å². The maximum absolute atomic E-state index is 12.4. The minimum atomic E-state index is -0.738. The summed E-state index contributed by atoms with van der Waals surface area (Å²) in [5, 5.41) is 9.55. The Labute approximate surface area is 121 Å². The average Bonchev–Trinajstić information content (AvgIpc) is 2.85. The van der Waals surface area contributed by atoms with Gasteiger partial charge < -0.3 is 10.0 Å². The van der Waals surface area contributed by atoms with Crippen LogP contribution in [0.25, 0.3) is 0 Å². The molecule has 5 nitrogen and oxygen atoms in total. The van der Waals surface area contributed by atoms with Crippen LogP contribution in [0, 0.1) is 11.3 Å². The van der Waals surface area contributed by atoms with Gasteiger partial charge in [-0.05, 0) is 33.1 Å². The Morgan fingerprint density at radius 1 is 1.25 bits per heavy atom. The van der Waals surface area contributed by atoms with Crippen molar-refractivity contribution in [3.63, 3.8) is 0 Å². The first-order chi connectivity index (χ1) is 9.30. The van der Waals surface area contributed by atoms with Crippen molar-refractivity contribution < 1.29 is 14.7 Å². The lowest BCUT2D eigenvalue weighted by molar-refractivity contribution is -0.151. The predicted molar refractivity (Wildman–Crippen MR) is 78.5 cm³/mol. The van der Waals surface area contributed by atoms with Crippen molar-refractivity contribution in [1.29, 1.82) is 0 Å². The van der Waals surface area contributed by atoms with Crippen LogP contribution in [0.4, 0.5) is 0 Å². The van der Waals surface area contributed by atoms with Crippen LogP contribution in [0.5, 0.6) is 0 Å². The first kappa shape index (κ1) is 17.0. The summed E-state index contributed by atoms with van der Waals surface area (Å²) >= 11 is 0. The van der Waals surface area contributed by atoms with Gasteiger partial charge in [-0.25, -0.2) is 0 Å². The molecule has 1 fully saturated rings. The first-order valence-corrected chi connectivity index (χ1v) is 7.56. The molecule has 0 saturated carbocycles. The third-order valence-corrected chi connectivity index (χ3v) is 4.84. The maximum atomic E-state index is 12.4. The van der Waals surface area contributed by atoms with Gasteiger partial charge in [0, 0.05) is 26.2 Å². The summed E-state index contributed by atoms with van der Waals surface area (Å²) in [4.78, 5) is 27.8. The Morgan fingerprint density at radius 3 is 2.15 bits per heavy atom. The summed E-state index contributed by atoms with van der Waals surface area (Å²) in [5.74, 6) is -0.571. The predicted octanol–water partition coefficient (Wildman–Crippen LogP) is 1.68. The van der Waals surface area contributed by atoms with Gasteiger partial charge in [0.1, 0.15) is 0 Å². The molecule has 1 heterocycles. The number of amides is 1. The molecule has 0 bridgehead atoms. The van der Waals surface area contributed by atoms with E-state index in [1.54, 1.807) is 4.90 Å². The van der Waals surface area contributed by atoms with Crippen LogP contribution in [0.2, 0.25) is 0 Å².